The third kappa shape index (κ3) is 3.80. The fourth-order valence-electron chi connectivity index (χ4n) is 1.69. The van der Waals surface area contributed by atoms with E-state index in [0.717, 1.165) is 18.7 Å². The Hall–Kier alpha value is -1.89. The van der Waals surface area contributed by atoms with E-state index in [9.17, 15) is 13.2 Å². The Bertz CT molecular complexity index is 549. The van der Waals surface area contributed by atoms with Crippen LogP contribution < -0.4 is 5.32 Å². The van der Waals surface area contributed by atoms with Gasteiger partial charge in [-0.3, -0.25) is 0 Å². The molecular formula is C13H14F3N3O. The molecule has 0 unspecified atom stereocenters. The van der Waals surface area contributed by atoms with E-state index in [0.29, 0.717) is 30.1 Å². The first-order valence-corrected chi connectivity index (χ1v) is 6.11. The Morgan fingerprint density at radius 2 is 1.90 bits per heavy atom. The Kier molecular flexibility index (Phi) is 4.39. The van der Waals surface area contributed by atoms with Gasteiger partial charge in [-0.05, 0) is 24.7 Å². The summed E-state index contributed by atoms with van der Waals surface area (Å²) in [4.78, 5) is 4.17. The number of nitrogens with zero attached hydrogens (tertiary/aromatic N) is 2. The normalized spacial score (nSPS) is 11.8. The third-order valence-electron chi connectivity index (χ3n) is 2.75. The SMILES string of the molecule is CNCCc1noc(Cc2ccc(C(F)(F)F)cc2)n1. The molecule has 1 heterocycles. The molecule has 7 heteroatoms. The summed E-state index contributed by atoms with van der Waals surface area (Å²) in [5, 5.41) is 6.77. The van der Waals surface area contributed by atoms with E-state index >= 15 is 0 Å². The van der Waals surface area contributed by atoms with E-state index in [1.165, 1.54) is 12.1 Å². The van der Waals surface area contributed by atoms with Crippen LogP contribution >= 0.6 is 0 Å². The van der Waals surface area contributed by atoms with Crippen molar-refractivity contribution in [3.05, 3.63) is 47.1 Å². The first-order valence-electron chi connectivity index (χ1n) is 6.11. The number of likely N-dealkylation sites (N-methyl/N-ethyl adjacent to an activating group) is 1. The average molecular weight is 285 g/mol. The van der Waals surface area contributed by atoms with Gasteiger partial charge in [0.15, 0.2) is 5.82 Å². The maximum Gasteiger partial charge on any atom is 0.416 e. The minimum atomic E-state index is -4.32. The van der Waals surface area contributed by atoms with Gasteiger partial charge >= 0.3 is 6.18 Å². The van der Waals surface area contributed by atoms with Gasteiger partial charge in [0.25, 0.3) is 0 Å². The van der Waals surface area contributed by atoms with Crippen LogP contribution in [0.5, 0.6) is 0 Å². The number of benzene rings is 1. The first-order chi connectivity index (χ1) is 9.49. The van der Waals surface area contributed by atoms with Crippen molar-refractivity contribution in [3.63, 3.8) is 0 Å². The van der Waals surface area contributed by atoms with Crippen molar-refractivity contribution in [3.8, 4) is 0 Å². The van der Waals surface area contributed by atoms with Gasteiger partial charge in [-0.25, -0.2) is 0 Å². The number of hydrogen-bond donors (Lipinski definition) is 1. The molecule has 0 saturated carbocycles. The van der Waals surface area contributed by atoms with Crippen LogP contribution in [0.4, 0.5) is 13.2 Å². The van der Waals surface area contributed by atoms with Gasteiger partial charge in [0, 0.05) is 13.0 Å². The molecular weight excluding hydrogens is 271 g/mol. The summed E-state index contributed by atoms with van der Waals surface area (Å²) in [6.45, 7) is 0.735. The topological polar surface area (TPSA) is 51.0 Å². The fraction of sp³-hybridized carbons (Fsp3) is 0.385. The number of aromatic nitrogens is 2. The predicted octanol–water partition coefficient (Wildman–Crippen LogP) is 2.44. The minimum absolute atomic E-state index is 0.324. The third-order valence-corrected chi connectivity index (χ3v) is 2.75. The highest BCUT2D eigenvalue weighted by Gasteiger charge is 2.29. The van der Waals surface area contributed by atoms with E-state index in [1.54, 1.807) is 0 Å². The lowest BCUT2D eigenvalue weighted by atomic mass is 10.1. The molecule has 108 valence electrons. The van der Waals surface area contributed by atoms with Crippen LogP contribution in [0.2, 0.25) is 0 Å². The van der Waals surface area contributed by atoms with Crippen molar-refractivity contribution in [1.29, 1.82) is 0 Å². The van der Waals surface area contributed by atoms with Crippen LogP contribution in [-0.2, 0) is 19.0 Å². The Morgan fingerprint density at radius 1 is 1.20 bits per heavy atom. The first kappa shape index (κ1) is 14.5. The molecule has 20 heavy (non-hydrogen) atoms. The maximum absolute atomic E-state index is 12.4. The highest BCUT2D eigenvalue weighted by Crippen LogP contribution is 2.29. The lowest BCUT2D eigenvalue weighted by molar-refractivity contribution is -0.137. The van der Waals surface area contributed by atoms with Crippen LogP contribution in [0, 0.1) is 0 Å². The molecule has 0 fully saturated rings. The zero-order chi connectivity index (χ0) is 14.6. The molecule has 4 nitrogen and oxygen atoms in total. The lowest BCUT2D eigenvalue weighted by Gasteiger charge is -2.06. The van der Waals surface area contributed by atoms with Crippen LogP contribution in [0.3, 0.4) is 0 Å². The second-order valence-electron chi connectivity index (χ2n) is 4.33. The summed E-state index contributed by atoms with van der Waals surface area (Å²) in [6.07, 6.45) is -3.35. The summed E-state index contributed by atoms with van der Waals surface area (Å²) in [7, 11) is 1.82. The molecule has 0 aliphatic rings. The second kappa shape index (κ2) is 6.04. The average Bonchev–Trinajstić information content (AvgIpc) is 2.83. The summed E-state index contributed by atoms with van der Waals surface area (Å²) < 4.78 is 42.3. The summed E-state index contributed by atoms with van der Waals surface area (Å²) >= 11 is 0. The molecule has 1 N–H and O–H groups in total. The molecule has 2 rings (SSSR count). The van der Waals surface area contributed by atoms with Crippen molar-refractivity contribution in [2.75, 3.05) is 13.6 Å². The molecule has 1 aromatic carbocycles. The van der Waals surface area contributed by atoms with E-state index in [-0.39, 0.29) is 0 Å². The fourth-order valence-corrected chi connectivity index (χ4v) is 1.69. The Morgan fingerprint density at radius 3 is 2.50 bits per heavy atom. The molecule has 1 aromatic heterocycles. The summed E-state index contributed by atoms with van der Waals surface area (Å²) in [5.74, 6) is 0.983. The van der Waals surface area contributed by atoms with Gasteiger partial charge in [-0.15, -0.1) is 0 Å². The van der Waals surface area contributed by atoms with Crippen LogP contribution in [0.15, 0.2) is 28.8 Å². The molecule has 2 aromatic rings. The zero-order valence-corrected chi connectivity index (χ0v) is 10.9. The standard InChI is InChI=1S/C13H14F3N3O/c1-17-7-6-11-18-12(20-19-11)8-9-2-4-10(5-3-9)13(14,15)16/h2-5,17H,6-8H2,1H3. The van der Waals surface area contributed by atoms with Crippen molar-refractivity contribution in [2.45, 2.75) is 19.0 Å². The summed E-state index contributed by atoms with van der Waals surface area (Å²) in [5.41, 5.74) is 0.0308. The zero-order valence-electron chi connectivity index (χ0n) is 10.9. The van der Waals surface area contributed by atoms with Gasteiger partial charge in [-0.2, -0.15) is 18.2 Å². The Balaban J connectivity index is 2.01. The molecule has 0 amide bonds. The lowest BCUT2D eigenvalue weighted by Crippen LogP contribution is -2.11. The van der Waals surface area contributed by atoms with Crippen LogP contribution in [0.1, 0.15) is 22.8 Å². The number of halogens is 3. The van der Waals surface area contributed by atoms with Crippen LogP contribution in [-0.4, -0.2) is 23.7 Å². The molecule has 0 saturated heterocycles. The van der Waals surface area contributed by atoms with Crippen molar-refractivity contribution in [1.82, 2.24) is 15.5 Å². The molecule has 0 radical (unpaired) electrons. The molecule has 0 aliphatic carbocycles. The van der Waals surface area contributed by atoms with Gasteiger partial charge in [0.1, 0.15) is 0 Å². The number of nitrogens with one attached hydrogen (secondary N) is 1. The van der Waals surface area contributed by atoms with E-state index < -0.39 is 11.7 Å². The molecule has 0 bridgehead atoms. The van der Waals surface area contributed by atoms with Gasteiger partial charge in [0.2, 0.25) is 5.89 Å². The van der Waals surface area contributed by atoms with Crippen molar-refractivity contribution < 1.29 is 17.7 Å². The second-order valence-corrected chi connectivity index (χ2v) is 4.33. The van der Waals surface area contributed by atoms with Crippen molar-refractivity contribution >= 4 is 0 Å². The number of alkyl halides is 3. The predicted molar refractivity (Wildman–Crippen MR) is 66.2 cm³/mol. The smallest absolute Gasteiger partial charge is 0.339 e. The van der Waals surface area contributed by atoms with Gasteiger partial charge in [0.05, 0.1) is 12.0 Å². The summed E-state index contributed by atoms with van der Waals surface area (Å²) in [6, 6.07) is 4.93. The van der Waals surface area contributed by atoms with E-state index in [2.05, 4.69) is 15.5 Å². The van der Waals surface area contributed by atoms with E-state index in [1.807, 2.05) is 7.05 Å². The van der Waals surface area contributed by atoms with Gasteiger partial charge < -0.3 is 9.84 Å². The maximum atomic E-state index is 12.4. The highest BCUT2D eigenvalue weighted by atomic mass is 19.4. The van der Waals surface area contributed by atoms with Crippen molar-refractivity contribution in [2.24, 2.45) is 0 Å². The van der Waals surface area contributed by atoms with Gasteiger partial charge in [-0.1, -0.05) is 17.3 Å². The number of hydrogen-bond acceptors (Lipinski definition) is 4. The molecule has 0 spiro atoms. The molecule has 0 atom stereocenters. The highest BCUT2D eigenvalue weighted by molar-refractivity contribution is 5.26. The minimum Gasteiger partial charge on any atom is -0.339 e. The van der Waals surface area contributed by atoms with E-state index in [4.69, 9.17) is 4.52 Å². The Labute approximate surface area is 114 Å². The number of rotatable bonds is 5. The largest absolute Gasteiger partial charge is 0.416 e. The van der Waals surface area contributed by atoms with Crippen LogP contribution in [0.25, 0.3) is 0 Å². The quantitative estimate of drug-likeness (QED) is 0.916. The monoisotopic (exact) mass is 285 g/mol. The molecule has 0 aliphatic heterocycles.